The van der Waals surface area contributed by atoms with Gasteiger partial charge in [0.25, 0.3) is 5.91 Å². The fourth-order valence-corrected chi connectivity index (χ4v) is 1.47. The third kappa shape index (κ3) is 2.71. The van der Waals surface area contributed by atoms with Crippen LogP contribution in [0.4, 0.5) is 8.78 Å². The molecule has 1 aromatic heterocycles. The Morgan fingerprint density at radius 2 is 2.17 bits per heavy atom. The summed E-state index contributed by atoms with van der Waals surface area (Å²) in [5.41, 5.74) is 0.909. The molecule has 0 saturated carbocycles. The Balaban J connectivity index is 1.99. The van der Waals surface area contributed by atoms with Crippen LogP contribution in [0.2, 0.25) is 0 Å². The second-order valence-corrected chi connectivity index (χ2v) is 3.83. The third-order valence-corrected chi connectivity index (χ3v) is 2.40. The molecule has 0 saturated heterocycles. The van der Waals surface area contributed by atoms with Crippen molar-refractivity contribution in [2.24, 2.45) is 7.05 Å². The highest BCUT2D eigenvalue weighted by atomic mass is 19.2. The zero-order valence-corrected chi connectivity index (χ0v) is 9.65. The molecule has 0 aliphatic rings. The van der Waals surface area contributed by atoms with E-state index in [2.05, 4.69) is 10.4 Å². The number of carbonyl (C=O) groups excluding carboxylic acids is 1. The van der Waals surface area contributed by atoms with Gasteiger partial charge in [0.05, 0.1) is 11.8 Å². The molecule has 0 atom stereocenters. The SMILES string of the molecule is Cn1cc(C(=O)NCc2ccc(F)c(F)c2)cn1. The van der Waals surface area contributed by atoms with Gasteiger partial charge in [-0.3, -0.25) is 9.48 Å². The first-order valence-corrected chi connectivity index (χ1v) is 5.27. The number of nitrogens with zero attached hydrogens (tertiary/aromatic N) is 2. The number of benzene rings is 1. The van der Waals surface area contributed by atoms with Crippen LogP contribution in [0.25, 0.3) is 0 Å². The second-order valence-electron chi connectivity index (χ2n) is 3.83. The van der Waals surface area contributed by atoms with E-state index in [9.17, 15) is 13.6 Å². The summed E-state index contributed by atoms with van der Waals surface area (Å²) in [7, 11) is 1.70. The van der Waals surface area contributed by atoms with Crippen LogP contribution in [0.1, 0.15) is 15.9 Å². The van der Waals surface area contributed by atoms with Crippen LogP contribution in [0.5, 0.6) is 0 Å². The number of hydrogen-bond acceptors (Lipinski definition) is 2. The Morgan fingerprint density at radius 1 is 1.39 bits per heavy atom. The Hall–Kier alpha value is -2.24. The lowest BCUT2D eigenvalue weighted by atomic mass is 10.2. The van der Waals surface area contributed by atoms with Crippen LogP contribution in [-0.2, 0) is 13.6 Å². The zero-order valence-electron chi connectivity index (χ0n) is 9.65. The van der Waals surface area contributed by atoms with Crippen molar-refractivity contribution < 1.29 is 13.6 Å². The average Bonchev–Trinajstić information content (AvgIpc) is 2.77. The molecular weight excluding hydrogens is 240 g/mol. The molecular formula is C12H11F2N3O. The van der Waals surface area contributed by atoms with Gasteiger partial charge < -0.3 is 5.32 Å². The van der Waals surface area contributed by atoms with Crippen LogP contribution in [0.15, 0.2) is 30.6 Å². The fraction of sp³-hybridized carbons (Fsp3) is 0.167. The molecule has 0 unspecified atom stereocenters. The van der Waals surface area contributed by atoms with E-state index in [4.69, 9.17) is 0 Å². The topological polar surface area (TPSA) is 46.9 Å². The van der Waals surface area contributed by atoms with Crippen LogP contribution >= 0.6 is 0 Å². The summed E-state index contributed by atoms with van der Waals surface area (Å²) in [5.74, 6) is -2.15. The first kappa shape index (κ1) is 12.2. The molecule has 0 aliphatic carbocycles. The maximum Gasteiger partial charge on any atom is 0.254 e. The highest BCUT2D eigenvalue weighted by Crippen LogP contribution is 2.08. The normalized spacial score (nSPS) is 10.4. The monoisotopic (exact) mass is 251 g/mol. The third-order valence-electron chi connectivity index (χ3n) is 2.40. The number of aromatic nitrogens is 2. The number of rotatable bonds is 3. The van der Waals surface area contributed by atoms with E-state index in [1.165, 1.54) is 16.9 Å². The van der Waals surface area contributed by atoms with Crippen LogP contribution < -0.4 is 5.32 Å². The van der Waals surface area contributed by atoms with Crippen molar-refractivity contribution in [1.82, 2.24) is 15.1 Å². The fourth-order valence-electron chi connectivity index (χ4n) is 1.47. The van der Waals surface area contributed by atoms with Crippen molar-refractivity contribution in [1.29, 1.82) is 0 Å². The first-order valence-electron chi connectivity index (χ1n) is 5.27. The molecule has 94 valence electrons. The number of aryl methyl sites for hydroxylation is 1. The Morgan fingerprint density at radius 3 is 2.78 bits per heavy atom. The van der Waals surface area contributed by atoms with Crippen molar-refractivity contribution >= 4 is 5.91 Å². The number of nitrogens with one attached hydrogen (secondary N) is 1. The molecule has 0 bridgehead atoms. The van der Waals surface area contributed by atoms with Crippen molar-refractivity contribution in [2.75, 3.05) is 0 Å². The van der Waals surface area contributed by atoms with Gasteiger partial charge in [-0.1, -0.05) is 6.07 Å². The van der Waals surface area contributed by atoms with Crippen LogP contribution in [0, 0.1) is 11.6 Å². The standard InChI is InChI=1S/C12H11F2N3O/c1-17-7-9(6-16-17)12(18)15-5-8-2-3-10(13)11(14)4-8/h2-4,6-7H,5H2,1H3,(H,15,18). The molecule has 1 amide bonds. The summed E-state index contributed by atoms with van der Waals surface area (Å²) in [6, 6.07) is 3.50. The van der Waals surface area contributed by atoms with Crippen molar-refractivity contribution in [3.8, 4) is 0 Å². The molecule has 4 nitrogen and oxygen atoms in total. The Bertz CT molecular complexity index is 580. The lowest BCUT2D eigenvalue weighted by Crippen LogP contribution is -2.22. The zero-order chi connectivity index (χ0) is 13.1. The van der Waals surface area contributed by atoms with Crippen LogP contribution in [0.3, 0.4) is 0 Å². The van der Waals surface area contributed by atoms with E-state index < -0.39 is 11.6 Å². The number of hydrogen-bond donors (Lipinski definition) is 1. The molecule has 1 N–H and O–H groups in total. The van der Waals surface area contributed by atoms with Crippen molar-refractivity contribution in [2.45, 2.75) is 6.54 Å². The highest BCUT2D eigenvalue weighted by molar-refractivity contribution is 5.93. The Labute approximate surface area is 102 Å². The minimum absolute atomic E-state index is 0.130. The van der Waals surface area contributed by atoms with E-state index in [1.54, 1.807) is 13.2 Å². The second kappa shape index (κ2) is 4.95. The van der Waals surface area contributed by atoms with Gasteiger partial charge in [-0.2, -0.15) is 5.10 Å². The molecule has 0 fully saturated rings. The molecule has 2 aromatic rings. The van der Waals surface area contributed by atoms with Gasteiger partial charge in [0.2, 0.25) is 0 Å². The molecule has 0 aliphatic heterocycles. The predicted octanol–water partition coefficient (Wildman–Crippen LogP) is 1.63. The maximum atomic E-state index is 12.9. The van der Waals surface area contributed by atoms with Gasteiger partial charge in [-0.05, 0) is 17.7 Å². The van der Waals surface area contributed by atoms with Gasteiger partial charge in [-0.15, -0.1) is 0 Å². The largest absolute Gasteiger partial charge is 0.348 e. The van der Waals surface area contributed by atoms with E-state index in [1.807, 2.05) is 0 Å². The first-order chi connectivity index (χ1) is 8.56. The summed E-state index contributed by atoms with van der Waals surface area (Å²) in [5, 5.41) is 6.46. The summed E-state index contributed by atoms with van der Waals surface area (Å²) in [6.07, 6.45) is 3.00. The minimum Gasteiger partial charge on any atom is -0.348 e. The molecule has 18 heavy (non-hydrogen) atoms. The summed E-state index contributed by atoms with van der Waals surface area (Å²) in [6.45, 7) is 0.130. The molecule has 0 spiro atoms. The van der Waals surface area contributed by atoms with Gasteiger partial charge in [0, 0.05) is 19.8 Å². The summed E-state index contributed by atoms with van der Waals surface area (Å²) >= 11 is 0. The number of amides is 1. The molecule has 1 aromatic carbocycles. The van der Waals surface area contributed by atoms with Gasteiger partial charge in [0.15, 0.2) is 11.6 Å². The van der Waals surface area contributed by atoms with E-state index in [0.717, 1.165) is 12.1 Å². The van der Waals surface area contributed by atoms with E-state index >= 15 is 0 Å². The molecule has 0 radical (unpaired) electrons. The van der Waals surface area contributed by atoms with Crippen molar-refractivity contribution in [3.63, 3.8) is 0 Å². The van der Waals surface area contributed by atoms with Gasteiger partial charge >= 0.3 is 0 Å². The lowest BCUT2D eigenvalue weighted by molar-refractivity contribution is 0.0951. The maximum absolute atomic E-state index is 12.9. The van der Waals surface area contributed by atoms with Crippen LogP contribution in [-0.4, -0.2) is 15.7 Å². The minimum atomic E-state index is -0.928. The number of halogens is 2. The average molecular weight is 251 g/mol. The smallest absolute Gasteiger partial charge is 0.254 e. The van der Waals surface area contributed by atoms with Gasteiger partial charge in [0.1, 0.15) is 0 Å². The molecule has 6 heteroatoms. The highest BCUT2D eigenvalue weighted by Gasteiger charge is 2.08. The van der Waals surface area contributed by atoms with Gasteiger partial charge in [-0.25, -0.2) is 8.78 Å². The molecule has 2 rings (SSSR count). The summed E-state index contributed by atoms with van der Waals surface area (Å²) in [4.78, 5) is 11.7. The molecule has 1 heterocycles. The van der Waals surface area contributed by atoms with E-state index in [-0.39, 0.29) is 12.5 Å². The van der Waals surface area contributed by atoms with E-state index in [0.29, 0.717) is 11.1 Å². The Kier molecular flexibility index (Phi) is 3.36. The summed E-state index contributed by atoms with van der Waals surface area (Å²) < 4.78 is 27.1. The quantitative estimate of drug-likeness (QED) is 0.901. The predicted molar refractivity (Wildman–Crippen MR) is 60.7 cm³/mol. The number of carbonyl (C=O) groups is 1. The van der Waals surface area contributed by atoms with Crippen molar-refractivity contribution in [3.05, 3.63) is 53.4 Å². The lowest BCUT2D eigenvalue weighted by Gasteiger charge is -2.04.